The number of nitrogens with two attached hydrogens (primary N) is 1. The topological polar surface area (TPSA) is 580 Å². The number of halogens is 5. The Bertz CT molecular complexity index is 5330. The highest BCUT2D eigenvalue weighted by Crippen LogP contribution is 2.50. The van der Waals surface area contributed by atoms with Gasteiger partial charge in [0.2, 0.25) is 59.3 Å². The van der Waals surface area contributed by atoms with Crippen molar-refractivity contribution in [3.05, 3.63) is 177 Å². The van der Waals surface area contributed by atoms with Crippen molar-refractivity contribution in [3.8, 4) is 62.9 Å². The molecule has 38 nitrogen and oxygen atoms in total. The van der Waals surface area contributed by atoms with E-state index in [1.54, 1.807) is 20.8 Å². The van der Waals surface area contributed by atoms with Gasteiger partial charge in [-0.25, -0.2) is 5.48 Å². The molecule has 11 bridgehead atoms. The first-order valence-electron chi connectivity index (χ1n) is 38.6. The molecular weight excluding hydrogens is 1700 g/mol. The Labute approximate surface area is 717 Å². The minimum Gasteiger partial charge on any atom is -0.508 e. The number of nitrogens with zero attached hydrogens (tertiary/aromatic N) is 1. The number of hydroxylamine groups is 1. The molecule has 7 aromatic rings. The van der Waals surface area contributed by atoms with Gasteiger partial charge in [-0.15, -0.1) is 13.2 Å². The van der Waals surface area contributed by atoms with Crippen LogP contribution in [0.3, 0.4) is 0 Å². The molecular formula is C82H87Cl2F3N12O26. The van der Waals surface area contributed by atoms with E-state index in [1.165, 1.54) is 62.2 Å². The summed E-state index contributed by atoms with van der Waals surface area (Å²) in [4.78, 5) is 136. The maximum atomic E-state index is 16.3. The molecule has 43 heteroatoms. The van der Waals surface area contributed by atoms with Gasteiger partial charge in [-0.05, 0) is 151 Å². The van der Waals surface area contributed by atoms with E-state index in [-0.39, 0.29) is 47.7 Å². The molecule has 16 unspecified atom stereocenters. The van der Waals surface area contributed by atoms with E-state index in [0.29, 0.717) is 5.56 Å². The number of aliphatic hydroxyl groups excluding tert-OH is 6. The van der Waals surface area contributed by atoms with Gasteiger partial charge in [0.05, 0.1) is 53.2 Å². The van der Waals surface area contributed by atoms with Crippen LogP contribution >= 0.6 is 23.2 Å². The molecule has 8 heterocycles. The summed E-state index contributed by atoms with van der Waals surface area (Å²) in [6, 6.07) is 5.23. The Hall–Kier alpha value is -12.1. The zero-order valence-corrected chi connectivity index (χ0v) is 68.1. The van der Waals surface area contributed by atoms with Crippen molar-refractivity contribution in [3.63, 3.8) is 0 Å². The highest BCUT2D eigenvalue weighted by Gasteiger charge is 2.52. The lowest BCUT2D eigenvalue weighted by molar-refractivity contribution is -0.334. The van der Waals surface area contributed by atoms with Gasteiger partial charge >= 0.3 is 6.36 Å². The van der Waals surface area contributed by atoms with Gasteiger partial charge in [-0.1, -0.05) is 67.4 Å². The molecule has 18 atom stereocenters. The van der Waals surface area contributed by atoms with Crippen LogP contribution in [-0.4, -0.2) is 208 Å². The van der Waals surface area contributed by atoms with E-state index in [9.17, 15) is 88.3 Å². The second-order valence-corrected chi connectivity index (χ2v) is 31.5. The standard InChI is InChI=1S/C82H87Cl2F3N12O26/c1-33(2)17-48(89-5)73(111)97-64-66(106)38-11-14-52(46(83)21-38)120-54-23-40-24-55(70(54)124-80-71(69(109)68(108)56(32-100)122-80)123-59-28-81(4,72(110)34(3)119-59)91-30-36-18-41(31-90-29-36)92-58(105)16-9-35-7-6-8-43(19-35)125-82(85,86)87)121-53-15-12-39(22-47(53)84)67(107)65-78(116)96-63(79(117)99-118)45-25-42(101)26-51(103)60(45)44-20-37(10-13-50(44)102)61(75(113)98-65)95-76(114)62(40)94-74(112)49(27-57(88)104)93-77(64)115/h6-16,18-26,29,31,33-34,48-49,56,59,61-69,71-72,80,89,91,100-103,106-110,118H,17,27-28,30,32H2,1-5H3,(H2,88,104)(H,92,105)(H,93,115)(H,94,112)(H,95,114)(H,96,116)(H,97,111)(H,98,113)(H,99,117)/b16-9+/t34?,48?,49?,56?,59?,61?,62?,63-,64?,65?,66?,67?,68?,69?,71?,72?,80?,81-/m1/s1. The van der Waals surface area contributed by atoms with Gasteiger partial charge in [-0.2, -0.15) is 0 Å². The predicted octanol–water partition coefficient (Wildman–Crippen LogP) is 3.30. The number of hydrogen-bond donors (Lipinski definition) is 21. The molecule has 2 saturated heterocycles. The maximum Gasteiger partial charge on any atom is 0.573 e. The molecule has 2 fully saturated rings. The molecule has 0 spiro atoms. The predicted molar refractivity (Wildman–Crippen MR) is 429 cm³/mol. The van der Waals surface area contributed by atoms with Crippen LogP contribution in [-0.2, 0) is 63.9 Å². The average molecular weight is 1780 g/mol. The van der Waals surface area contributed by atoms with E-state index in [4.69, 9.17) is 57.4 Å². The number of alkyl halides is 3. The first kappa shape index (κ1) is 92.1. The van der Waals surface area contributed by atoms with E-state index < -0.39 is 271 Å². The molecule has 9 amide bonds. The number of aliphatic hydroxyl groups is 6. The quantitative estimate of drug-likeness (QED) is 0.0296. The number of phenolic OH excluding ortho intramolecular Hbond substituents is 3. The fourth-order valence-electron chi connectivity index (χ4n) is 14.8. The molecule has 125 heavy (non-hydrogen) atoms. The van der Waals surface area contributed by atoms with Gasteiger partial charge in [0.1, 0.15) is 101 Å². The Kier molecular flexibility index (Phi) is 28.4. The largest absolute Gasteiger partial charge is 0.573 e. The Morgan fingerprint density at radius 2 is 1.39 bits per heavy atom. The average Bonchev–Trinajstić information content (AvgIpc) is 0.763. The van der Waals surface area contributed by atoms with Crippen molar-refractivity contribution in [1.82, 2.24) is 53.0 Å². The summed E-state index contributed by atoms with van der Waals surface area (Å²) in [5, 5.41) is 139. The Morgan fingerprint density at radius 3 is 2.03 bits per heavy atom. The smallest absolute Gasteiger partial charge is 0.508 e. The number of pyridine rings is 1. The summed E-state index contributed by atoms with van der Waals surface area (Å²) >= 11 is 14.3. The van der Waals surface area contributed by atoms with Crippen LogP contribution in [0.4, 0.5) is 18.9 Å². The number of primary amides is 1. The number of carbonyl (C=O) groups excluding carboxylic acids is 9. The second-order valence-electron chi connectivity index (χ2n) is 30.6. The van der Waals surface area contributed by atoms with Crippen LogP contribution in [0.25, 0.3) is 17.2 Å². The first-order valence-corrected chi connectivity index (χ1v) is 39.4. The van der Waals surface area contributed by atoms with E-state index in [2.05, 4.69) is 57.6 Å². The number of benzene rings is 6. The Morgan fingerprint density at radius 1 is 0.736 bits per heavy atom. The van der Waals surface area contributed by atoms with Crippen LogP contribution in [0.15, 0.2) is 128 Å². The number of aromatic hydroxyl groups is 3. The summed E-state index contributed by atoms with van der Waals surface area (Å²) in [6.45, 7) is 5.53. The van der Waals surface area contributed by atoms with Crippen LogP contribution in [0, 0.1) is 5.92 Å². The molecule has 666 valence electrons. The van der Waals surface area contributed by atoms with Crippen LogP contribution in [0.5, 0.6) is 51.7 Å². The van der Waals surface area contributed by atoms with Crippen molar-refractivity contribution in [1.29, 1.82) is 0 Å². The molecule has 0 aliphatic carbocycles. The van der Waals surface area contributed by atoms with Crippen molar-refractivity contribution >= 4 is 88.1 Å². The fourth-order valence-corrected chi connectivity index (χ4v) is 15.3. The third kappa shape index (κ3) is 21.3. The number of anilines is 1. The number of phenols is 3. The van der Waals surface area contributed by atoms with Gasteiger partial charge in [0.25, 0.3) is 5.91 Å². The van der Waals surface area contributed by atoms with E-state index in [0.717, 1.165) is 91.0 Å². The zero-order valence-electron chi connectivity index (χ0n) is 66.5. The van der Waals surface area contributed by atoms with Crippen LogP contribution < -0.4 is 78.0 Å². The molecule has 0 radical (unpaired) electrons. The van der Waals surface area contributed by atoms with E-state index >= 15 is 19.2 Å². The maximum absolute atomic E-state index is 16.3. The number of likely N-dealkylation sites (N-methyl/N-ethyl adjacent to an activating group) is 1. The summed E-state index contributed by atoms with van der Waals surface area (Å²) in [7, 11) is 1.46. The number of rotatable bonds is 20. The second kappa shape index (κ2) is 38.6. The minimum absolute atomic E-state index is 0.0909. The number of hydrogen-bond acceptors (Lipinski definition) is 29. The van der Waals surface area contributed by atoms with E-state index in [1.807, 2.05) is 0 Å². The summed E-state index contributed by atoms with van der Waals surface area (Å²) in [6.07, 6.45) is -19.7. The number of carbonyl (C=O) groups is 9. The summed E-state index contributed by atoms with van der Waals surface area (Å²) in [5.41, 5.74) is 3.49. The third-order valence-corrected chi connectivity index (χ3v) is 21.7. The molecule has 1 aromatic heterocycles. The summed E-state index contributed by atoms with van der Waals surface area (Å²) in [5.74, 6) is -17.5. The lowest BCUT2D eigenvalue weighted by atomic mass is 9.84. The molecule has 22 N–H and O–H groups in total. The fraction of sp³-hybridized carbons (Fsp3) is 0.366. The van der Waals surface area contributed by atoms with Gasteiger partial charge < -0.3 is 133 Å². The van der Waals surface area contributed by atoms with Crippen LogP contribution in [0.1, 0.15) is 116 Å². The minimum atomic E-state index is -4.96. The van der Waals surface area contributed by atoms with Crippen molar-refractivity contribution in [2.75, 3.05) is 19.0 Å². The number of amides is 9. The third-order valence-electron chi connectivity index (χ3n) is 21.1. The lowest BCUT2D eigenvalue weighted by Gasteiger charge is -2.48. The summed E-state index contributed by atoms with van der Waals surface area (Å²) < 4.78 is 82.1. The van der Waals surface area contributed by atoms with Crippen molar-refractivity contribution in [2.45, 2.75) is 169 Å². The molecule has 6 aromatic carbocycles. The Balaban J connectivity index is 0.994. The highest BCUT2D eigenvalue weighted by atomic mass is 35.5. The van der Waals surface area contributed by atoms with Crippen molar-refractivity contribution < 1.29 is 141 Å². The molecule has 14 rings (SSSR count). The number of nitrogens with one attached hydrogen (secondary N) is 10. The highest BCUT2D eigenvalue weighted by molar-refractivity contribution is 6.32. The number of fused-ring (bicyclic) bond motifs is 15. The lowest BCUT2D eigenvalue weighted by Crippen LogP contribution is -2.65. The monoisotopic (exact) mass is 1780 g/mol. The normalized spacial score (nSPS) is 26.1. The van der Waals surface area contributed by atoms with Gasteiger partial charge in [0, 0.05) is 48.0 Å². The van der Waals surface area contributed by atoms with Crippen molar-refractivity contribution in [2.24, 2.45) is 11.7 Å². The first-order chi connectivity index (χ1) is 59.2. The zero-order chi connectivity index (χ0) is 90.5. The molecule has 7 aliphatic heterocycles. The van der Waals surface area contributed by atoms with Gasteiger partial charge in [-0.3, -0.25) is 53.3 Å². The number of aromatic nitrogens is 1. The van der Waals surface area contributed by atoms with Crippen LogP contribution in [0.2, 0.25) is 10.0 Å². The SMILES string of the molecule is CNC(CC(C)C)C(=O)NC1C(=O)NC(CC(N)=O)C(=O)NC2C(=O)NC3C(=O)NC(C(=O)N[C@@H](C(=O)NO)c4cc(O)cc(O)c4-c4cc3ccc4O)C(O)c3ccc(c(Cl)c3)Oc3cc2cc(c3OC2OC(CO)C(O)C(O)C2OC2C[C@@](C)(NCc3cncc(NC(=O)/C=C/c4cccc(OC(F)(F)F)c4)c3)C(O)C(C)O2)Oc2ccc(cc2Cl)C1O. The molecule has 0 saturated carbocycles. The molecule has 7 aliphatic rings. The van der Waals surface area contributed by atoms with Gasteiger partial charge in [0.15, 0.2) is 23.9 Å². The number of ether oxygens (including phenoxy) is 7.